The van der Waals surface area contributed by atoms with Gasteiger partial charge in [0.25, 0.3) is 0 Å². The van der Waals surface area contributed by atoms with Crippen LogP contribution in [0.4, 0.5) is 4.39 Å². The minimum atomic E-state index is -0.271. The Morgan fingerprint density at radius 1 is 1.15 bits per heavy atom. The fourth-order valence-corrected chi connectivity index (χ4v) is 3.93. The van der Waals surface area contributed by atoms with Gasteiger partial charge >= 0.3 is 0 Å². The van der Waals surface area contributed by atoms with E-state index in [-0.39, 0.29) is 29.6 Å². The number of rotatable bonds is 6. The highest BCUT2D eigenvalue weighted by Crippen LogP contribution is 2.44. The number of carbonyl (C=O) groups excluding carboxylic acids is 2. The highest BCUT2D eigenvalue weighted by atomic mass is 19.1. The van der Waals surface area contributed by atoms with E-state index in [0.29, 0.717) is 24.9 Å². The molecule has 0 aromatic heterocycles. The Labute approximate surface area is 154 Å². The Morgan fingerprint density at radius 2 is 1.77 bits per heavy atom. The van der Waals surface area contributed by atoms with E-state index >= 15 is 0 Å². The molecule has 1 saturated heterocycles. The molecule has 1 saturated carbocycles. The molecule has 5 heteroatoms. The molecule has 140 valence electrons. The van der Waals surface area contributed by atoms with Crippen molar-refractivity contribution in [1.29, 1.82) is 0 Å². The van der Waals surface area contributed by atoms with Gasteiger partial charge in [0, 0.05) is 19.1 Å². The normalized spacial score (nSPS) is 20.3. The van der Waals surface area contributed by atoms with Crippen LogP contribution < -0.4 is 5.32 Å². The molecule has 1 aromatic rings. The highest BCUT2D eigenvalue weighted by Gasteiger charge is 2.40. The number of carbonyl (C=O) groups is 2. The molecule has 3 rings (SSSR count). The molecule has 1 N–H and O–H groups in total. The molecular weight excluding hydrogens is 331 g/mol. The van der Waals surface area contributed by atoms with Gasteiger partial charge in [-0.15, -0.1) is 0 Å². The van der Waals surface area contributed by atoms with Crippen LogP contribution in [0.5, 0.6) is 0 Å². The zero-order valence-corrected chi connectivity index (χ0v) is 15.3. The first-order chi connectivity index (χ1) is 12.5. The predicted octanol–water partition coefficient (Wildman–Crippen LogP) is 3.25. The van der Waals surface area contributed by atoms with Crippen molar-refractivity contribution < 1.29 is 14.0 Å². The lowest BCUT2D eigenvalue weighted by Crippen LogP contribution is -2.46. The molecule has 2 amide bonds. The maximum atomic E-state index is 13.2. The summed E-state index contributed by atoms with van der Waals surface area (Å²) in [4.78, 5) is 26.5. The number of halogens is 1. The van der Waals surface area contributed by atoms with Gasteiger partial charge in [0.05, 0.1) is 5.92 Å². The molecule has 0 radical (unpaired) electrons. The third kappa shape index (κ3) is 4.32. The van der Waals surface area contributed by atoms with E-state index in [4.69, 9.17) is 0 Å². The van der Waals surface area contributed by atoms with Crippen LogP contribution >= 0.6 is 0 Å². The second kappa shape index (κ2) is 8.02. The summed E-state index contributed by atoms with van der Waals surface area (Å²) in [5.74, 6) is 0.350. The first-order valence-electron chi connectivity index (χ1n) is 9.46. The number of likely N-dealkylation sites (tertiary alicyclic amines) is 1. The fourth-order valence-electron chi connectivity index (χ4n) is 3.93. The second-order valence-corrected chi connectivity index (χ2v) is 7.53. The Morgan fingerprint density at radius 3 is 2.31 bits per heavy atom. The molecule has 1 aliphatic carbocycles. The van der Waals surface area contributed by atoms with Crippen LogP contribution in [-0.4, -0.2) is 35.8 Å². The number of nitrogens with one attached hydrogen (secondary N) is 1. The van der Waals surface area contributed by atoms with Gasteiger partial charge in [-0.05, 0) is 68.2 Å². The van der Waals surface area contributed by atoms with Crippen molar-refractivity contribution in [2.75, 3.05) is 13.1 Å². The van der Waals surface area contributed by atoms with Gasteiger partial charge in [0.2, 0.25) is 11.8 Å². The number of piperidine rings is 1. The summed E-state index contributed by atoms with van der Waals surface area (Å²) in [5, 5.41) is 2.93. The van der Waals surface area contributed by atoms with Crippen LogP contribution in [0, 0.1) is 17.7 Å². The molecule has 2 atom stereocenters. The zero-order valence-electron chi connectivity index (χ0n) is 15.3. The van der Waals surface area contributed by atoms with Gasteiger partial charge in [0.1, 0.15) is 5.82 Å². The van der Waals surface area contributed by atoms with Gasteiger partial charge in [-0.25, -0.2) is 4.39 Å². The maximum absolute atomic E-state index is 13.2. The first kappa shape index (κ1) is 18.6. The molecule has 26 heavy (non-hydrogen) atoms. The van der Waals surface area contributed by atoms with Gasteiger partial charge in [-0.3, -0.25) is 9.59 Å². The summed E-state index contributed by atoms with van der Waals surface area (Å²) in [6, 6.07) is 6.45. The Kier molecular flexibility index (Phi) is 5.74. The van der Waals surface area contributed by atoms with Gasteiger partial charge in [-0.2, -0.15) is 0 Å². The quantitative estimate of drug-likeness (QED) is 0.794. The third-order valence-electron chi connectivity index (χ3n) is 5.70. The van der Waals surface area contributed by atoms with Crippen LogP contribution in [0.25, 0.3) is 0 Å². The summed E-state index contributed by atoms with van der Waals surface area (Å²) in [6.45, 7) is 6.91. The zero-order chi connectivity index (χ0) is 18.7. The lowest BCUT2D eigenvalue weighted by Gasteiger charge is -2.36. The van der Waals surface area contributed by atoms with E-state index in [0.717, 1.165) is 31.2 Å². The van der Waals surface area contributed by atoms with E-state index in [1.54, 1.807) is 12.1 Å². The third-order valence-corrected chi connectivity index (χ3v) is 5.70. The van der Waals surface area contributed by atoms with E-state index in [1.165, 1.54) is 18.2 Å². The molecule has 2 aliphatic rings. The van der Waals surface area contributed by atoms with E-state index < -0.39 is 0 Å². The first-order valence-corrected chi connectivity index (χ1v) is 9.46. The van der Waals surface area contributed by atoms with Crippen LogP contribution in [0.3, 0.4) is 0 Å². The monoisotopic (exact) mass is 358 g/mol. The number of hydrogen-bond donors (Lipinski definition) is 1. The molecule has 2 unspecified atom stereocenters. The van der Waals surface area contributed by atoms with E-state index in [9.17, 15) is 14.0 Å². The number of amides is 2. The van der Waals surface area contributed by atoms with Crippen LogP contribution in [-0.2, 0) is 9.59 Å². The standard InChI is InChI=1S/C21H27FN2O2/c1-3-19(25)23-14(2)15-10-12-24(13-11-15)21(26)20(16-4-5-16)17-6-8-18(22)9-7-17/h3,6-9,14-16,20H,1,4-5,10-13H2,2H3,(H,23,25). The van der Waals surface area contributed by atoms with Gasteiger partial charge < -0.3 is 10.2 Å². The summed E-state index contributed by atoms with van der Waals surface area (Å²) in [6.07, 6.45) is 5.18. The van der Waals surface area contributed by atoms with Crippen molar-refractivity contribution in [2.45, 2.75) is 44.6 Å². The Balaban J connectivity index is 1.60. The fraction of sp³-hybridized carbons (Fsp3) is 0.524. The van der Waals surface area contributed by atoms with Crippen molar-refractivity contribution in [2.24, 2.45) is 11.8 Å². The lowest BCUT2D eigenvalue weighted by atomic mass is 9.88. The minimum absolute atomic E-state index is 0.0779. The molecule has 0 bridgehead atoms. The van der Waals surface area contributed by atoms with Crippen LogP contribution in [0.15, 0.2) is 36.9 Å². The van der Waals surface area contributed by atoms with E-state index in [1.807, 2.05) is 11.8 Å². The smallest absolute Gasteiger partial charge is 0.243 e. The van der Waals surface area contributed by atoms with E-state index in [2.05, 4.69) is 11.9 Å². The van der Waals surface area contributed by atoms with Crippen molar-refractivity contribution in [3.63, 3.8) is 0 Å². The lowest BCUT2D eigenvalue weighted by molar-refractivity contribution is -0.135. The van der Waals surface area contributed by atoms with Crippen LogP contribution in [0.2, 0.25) is 0 Å². The highest BCUT2D eigenvalue weighted by molar-refractivity contribution is 5.87. The minimum Gasteiger partial charge on any atom is -0.350 e. The van der Waals surface area contributed by atoms with Gasteiger partial charge in [-0.1, -0.05) is 18.7 Å². The summed E-state index contributed by atoms with van der Waals surface area (Å²) in [5.41, 5.74) is 0.924. The van der Waals surface area contributed by atoms with Gasteiger partial charge in [0.15, 0.2) is 0 Å². The number of benzene rings is 1. The average molecular weight is 358 g/mol. The summed E-state index contributed by atoms with van der Waals surface area (Å²) >= 11 is 0. The number of nitrogens with zero attached hydrogens (tertiary/aromatic N) is 1. The summed E-state index contributed by atoms with van der Waals surface area (Å²) in [7, 11) is 0. The number of hydrogen-bond acceptors (Lipinski definition) is 2. The van der Waals surface area contributed by atoms with Crippen molar-refractivity contribution in [3.05, 3.63) is 48.3 Å². The SMILES string of the molecule is C=CC(=O)NC(C)C1CCN(C(=O)C(c2ccc(F)cc2)C2CC2)CC1. The Bertz CT molecular complexity index is 661. The molecule has 0 spiro atoms. The van der Waals surface area contributed by atoms with Crippen molar-refractivity contribution in [3.8, 4) is 0 Å². The molecule has 4 nitrogen and oxygen atoms in total. The average Bonchev–Trinajstić information content (AvgIpc) is 3.48. The molecule has 1 heterocycles. The molecule has 1 aliphatic heterocycles. The molecular formula is C21H27FN2O2. The molecule has 1 aromatic carbocycles. The molecule has 2 fully saturated rings. The predicted molar refractivity (Wildman–Crippen MR) is 99.0 cm³/mol. The summed E-state index contributed by atoms with van der Waals surface area (Å²) < 4.78 is 13.2. The van der Waals surface area contributed by atoms with Crippen molar-refractivity contribution in [1.82, 2.24) is 10.2 Å². The largest absolute Gasteiger partial charge is 0.350 e. The topological polar surface area (TPSA) is 49.4 Å². The second-order valence-electron chi connectivity index (χ2n) is 7.53. The van der Waals surface area contributed by atoms with Crippen molar-refractivity contribution >= 4 is 11.8 Å². The maximum Gasteiger partial charge on any atom is 0.243 e. The van der Waals surface area contributed by atoms with Crippen LogP contribution in [0.1, 0.15) is 44.1 Å². The Hall–Kier alpha value is -2.17.